The number of amides is 1. The Morgan fingerprint density at radius 1 is 1.32 bits per heavy atom. The third kappa shape index (κ3) is 2.38. The summed E-state index contributed by atoms with van der Waals surface area (Å²) in [4.78, 5) is 14.1. The zero-order chi connectivity index (χ0) is 13.2. The van der Waals surface area contributed by atoms with E-state index in [0.717, 1.165) is 11.3 Å². The fourth-order valence-corrected chi connectivity index (χ4v) is 3.39. The fourth-order valence-electron chi connectivity index (χ4n) is 2.13. The molecular formula is C14H12FNO2S. The molecule has 3 rings (SSSR count). The van der Waals surface area contributed by atoms with Gasteiger partial charge >= 0.3 is 0 Å². The Hall–Kier alpha value is -1.75. The van der Waals surface area contributed by atoms with E-state index in [-0.39, 0.29) is 17.1 Å². The number of benzene rings is 1. The molecule has 1 unspecified atom stereocenters. The number of hydrogen-bond donors (Lipinski definition) is 0. The zero-order valence-electron chi connectivity index (χ0n) is 10.1. The molecule has 2 heterocycles. The van der Waals surface area contributed by atoms with Crippen LogP contribution in [0, 0.1) is 5.82 Å². The summed E-state index contributed by atoms with van der Waals surface area (Å²) in [7, 11) is 0. The lowest BCUT2D eigenvalue weighted by atomic mass is 10.2. The highest BCUT2D eigenvalue weighted by molar-refractivity contribution is 7.99. The number of nitrogens with zero attached hydrogens (tertiary/aromatic N) is 1. The van der Waals surface area contributed by atoms with Crippen molar-refractivity contribution in [2.45, 2.75) is 5.37 Å². The number of hydrogen-bond acceptors (Lipinski definition) is 3. The molecule has 0 radical (unpaired) electrons. The highest BCUT2D eigenvalue weighted by Gasteiger charge is 2.31. The molecule has 2 aromatic rings. The summed E-state index contributed by atoms with van der Waals surface area (Å²) in [6, 6.07) is 7.97. The molecule has 1 aliphatic rings. The second-order valence-electron chi connectivity index (χ2n) is 4.29. The number of rotatable bonds is 2. The summed E-state index contributed by atoms with van der Waals surface area (Å²) >= 11 is 1.69. The summed E-state index contributed by atoms with van der Waals surface area (Å²) in [5.41, 5.74) is 1.50. The first-order valence-corrected chi connectivity index (χ1v) is 7.01. The smallest absolute Gasteiger partial charge is 0.258 e. The van der Waals surface area contributed by atoms with Gasteiger partial charge in [0, 0.05) is 12.3 Å². The summed E-state index contributed by atoms with van der Waals surface area (Å²) in [6.45, 7) is 0.691. The molecule has 5 heteroatoms. The number of thioether (sulfide) groups is 1. The average Bonchev–Trinajstić information content (AvgIpc) is 3.10. The van der Waals surface area contributed by atoms with Crippen molar-refractivity contribution in [3.05, 3.63) is 59.8 Å². The van der Waals surface area contributed by atoms with Gasteiger partial charge in [0.1, 0.15) is 17.5 Å². The van der Waals surface area contributed by atoms with E-state index < -0.39 is 0 Å². The number of furan rings is 1. The quantitative estimate of drug-likeness (QED) is 0.844. The number of halogens is 1. The Morgan fingerprint density at radius 2 is 2.11 bits per heavy atom. The Bertz CT molecular complexity index is 568. The topological polar surface area (TPSA) is 33.5 Å². The molecule has 1 fully saturated rings. The van der Waals surface area contributed by atoms with Crippen LogP contribution in [0.5, 0.6) is 0 Å². The SMILES string of the molecule is O=C(c1ccoc1)N1CCSC1c1ccc(F)cc1. The van der Waals surface area contributed by atoms with Gasteiger partial charge in [-0.1, -0.05) is 12.1 Å². The molecule has 1 amide bonds. The van der Waals surface area contributed by atoms with Gasteiger partial charge in [0.15, 0.2) is 0 Å². The van der Waals surface area contributed by atoms with Crippen LogP contribution in [0.25, 0.3) is 0 Å². The lowest BCUT2D eigenvalue weighted by Gasteiger charge is -2.23. The van der Waals surface area contributed by atoms with Gasteiger partial charge in [-0.3, -0.25) is 4.79 Å². The molecule has 0 N–H and O–H groups in total. The van der Waals surface area contributed by atoms with Crippen LogP contribution in [0.2, 0.25) is 0 Å². The van der Waals surface area contributed by atoms with Crippen molar-refractivity contribution in [3.63, 3.8) is 0 Å². The number of carbonyl (C=O) groups is 1. The maximum absolute atomic E-state index is 13.0. The van der Waals surface area contributed by atoms with Crippen LogP contribution in [0.15, 0.2) is 47.3 Å². The molecule has 0 spiro atoms. The molecule has 1 atom stereocenters. The highest BCUT2D eigenvalue weighted by Crippen LogP contribution is 2.38. The van der Waals surface area contributed by atoms with E-state index in [1.165, 1.54) is 24.7 Å². The second-order valence-corrected chi connectivity index (χ2v) is 5.47. The first-order valence-electron chi connectivity index (χ1n) is 5.96. The zero-order valence-corrected chi connectivity index (χ0v) is 10.9. The summed E-state index contributed by atoms with van der Waals surface area (Å²) in [5.74, 6) is 0.568. The normalized spacial score (nSPS) is 18.8. The van der Waals surface area contributed by atoms with Crippen molar-refractivity contribution in [2.24, 2.45) is 0 Å². The molecule has 19 heavy (non-hydrogen) atoms. The Kier molecular flexibility index (Phi) is 3.29. The molecule has 3 nitrogen and oxygen atoms in total. The predicted molar refractivity (Wildman–Crippen MR) is 71.3 cm³/mol. The van der Waals surface area contributed by atoms with Gasteiger partial charge in [0.05, 0.1) is 11.8 Å². The number of carbonyl (C=O) groups excluding carboxylic acids is 1. The van der Waals surface area contributed by atoms with Crippen molar-refractivity contribution in [2.75, 3.05) is 12.3 Å². The van der Waals surface area contributed by atoms with Gasteiger partial charge in [-0.15, -0.1) is 11.8 Å². The minimum absolute atomic E-state index is 0.0481. The molecule has 1 aromatic heterocycles. The molecule has 0 bridgehead atoms. The van der Waals surface area contributed by atoms with E-state index in [2.05, 4.69) is 0 Å². The Balaban J connectivity index is 1.85. The Labute approximate surface area is 114 Å². The molecule has 1 saturated heterocycles. The van der Waals surface area contributed by atoms with Gasteiger partial charge < -0.3 is 9.32 Å². The van der Waals surface area contributed by atoms with E-state index in [1.807, 2.05) is 0 Å². The van der Waals surface area contributed by atoms with Gasteiger partial charge in [-0.25, -0.2) is 4.39 Å². The lowest BCUT2D eigenvalue weighted by molar-refractivity contribution is 0.0759. The lowest BCUT2D eigenvalue weighted by Crippen LogP contribution is -2.30. The van der Waals surface area contributed by atoms with Crippen LogP contribution in [-0.2, 0) is 0 Å². The van der Waals surface area contributed by atoms with Crippen molar-refractivity contribution in [1.82, 2.24) is 4.90 Å². The molecule has 98 valence electrons. The average molecular weight is 277 g/mol. The maximum atomic E-state index is 13.0. The summed E-state index contributed by atoms with van der Waals surface area (Å²) in [5, 5.41) is -0.0528. The van der Waals surface area contributed by atoms with Gasteiger partial charge in [-0.2, -0.15) is 0 Å². The summed E-state index contributed by atoms with van der Waals surface area (Å²) in [6.07, 6.45) is 2.94. The van der Waals surface area contributed by atoms with Crippen molar-refractivity contribution < 1.29 is 13.6 Å². The third-order valence-corrected chi connectivity index (χ3v) is 4.34. The monoisotopic (exact) mass is 277 g/mol. The fraction of sp³-hybridized carbons (Fsp3) is 0.214. The van der Waals surface area contributed by atoms with E-state index >= 15 is 0 Å². The predicted octanol–water partition coefficient (Wildman–Crippen LogP) is 3.31. The molecule has 0 saturated carbocycles. The van der Waals surface area contributed by atoms with Gasteiger partial charge in [0.2, 0.25) is 0 Å². The third-order valence-electron chi connectivity index (χ3n) is 3.08. The molecular weight excluding hydrogens is 265 g/mol. The van der Waals surface area contributed by atoms with Crippen molar-refractivity contribution >= 4 is 17.7 Å². The highest BCUT2D eigenvalue weighted by atomic mass is 32.2. The van der Waals surface area contributed by atoms with Crippen LogP contribution in [0.4, 0.5) is 4.39 Å². The van der Waals surface area contributed by atoms with Crippen LogP contribution in [0.1, 0.15) is 21.3 Å². The molecule has 1 aromatic carbocycles. The largest absolute Gasteiger partial charge is 0.472 e. The van der Waals surface area contributed by atoms with Crippen LogP contribution >= 0.6 is 11.8 Å². The van der Waals surface area contributed by atoms with Gasteiger partial charge in [0.25, 0.3) is 5.91 Å². The van der Waals surface area contributed by atoms with Crippen molar-refractivity contribution in [3.8, 4) is 0 Å². The Morgan fingerprint density at radius 3 is 2.79 bits per heavy atom. The summed E-state index contributed by atoms with van der Waals surface area (Å²) < 4.78 is 17.9. The first kappa shape index (κ1) is 12.3. The minimum atomic E-state index is -0.264. The minimum Gasteiger partial charge on any atom is -0.472 e. The van der Waals surface area contributed by atoms with Crippen LogP contribution in [-0.4, -0.2) is 23.1 Å². The van der Waals surface area contributed by atoms with Gasteiger partial charge in [-0.05, 0) is 23.8 Å². The van der Waals surface area contributed by atoms with Crippen LogP contribution < -0.4 is 0 Å². The van der Waals surface area contributed by atoms with Crippen LogP contribution in [0.3, 0.4) is 0 Å². The maximum Gasteiger partial charge on any atom is 0.258 e. The van der Waals surface area contributed by atoms with Crippen molar-refractivity contribution in [1.29, 1.82) is 0 Å². The first-order chi connectivity index (χ1) is 9.25. The van der Waals surface area contributed by atoms with E-state index in [1.54, 1.807) is 34.9 Å². The van der Waals surface area contributed by atoms with E-state index in [0.29, 0.717) is 12.1 Å². The standard InChI is InChI=1S/C14H12FNO2S/c15-12-3-1-10(2-4-12)14-16(6-8-19-14)13(17)11-5-7-18-9-11/h1-5,7,9,14H,6,8H2. The van der Waals surface area contributed by atoms with E-state index in [4.69, 9.17) is 4.42 Å². The van der Waals surface area contributed by atoms with E-state index in [9.17, 15) is 9.18 Å². The molecule has 0 aliphatic carbocycles. The molecule has 1 aliphatic heterocycles. The second kappa shape index (κ2) is 5.09.